The molecule has 0 amide bonds. The topological polar surface area (TPSA) is 66.8 Å². The number of hydrogen-bond donors (Lipinski definition) is 2. The van der Waals surface area contributed by atoms with E-state index >= 15 is 0 Å². The number of benzene rings is 1. The summed E-state index contributed by atoms with van der Waals surface area (Å²) in [7, 11) is 0. The van der Waals surface area contributed by atoms with E-state index in [2.05, 4.69) is 6.58 Å². The number of likely N-dealkylation sites (tertiary alicyclic amines) is 1. The van der Waals surface area contributed by atoms with E-state index in [0.717, 1.165) is 54.0 Å². The standard InChI is InChI=1S/C23H27NO4/c1-2-10-24(13-14-3-4-14)11-9-22-19-15-5-6-16(25)20(19)28-21(22)17(26)7-8-23(22,27)18(24)12-15/h2,5-6,14,18,21,27H,1,3-4,7-13H2/p+1/t18-,21+,22+,23?,24-/m1/s1. The van der Waals surface area contributed by atoms with Crippen molar-refractivity contribution in [1.29, 1.82) is 0 Å². The molecule has 5 nitrogen and oxygen atoms in total. The lowest BCUT2D eigenvalue weighted by atomic mass is 9.48. The van der Waals surface area contributed by atoms with Gasteiger partial charge >= 0.3 is 0 Å². The number of aromatic hydroxyl groups is 1. The predicted octanol–water partition coefficient (Wildman–Crippen LogP) is 2.23. The van der Waals surface area contributed by atoms with Crippen molar-refractivity contribution in [3.63, 3.8) is 0 Å². The van der Waals surface area contributed by atoms with Crippen LogP contribution in [0, 0.1) is 5.92 Å². The van der Waals surface area contributed by atoms with E-state index in [9.17, 15) is 15.0 Å². The molecule has 2 saturated carbocycles. The maximum atomic E-state index is 12.9. The normalized spacial score (nSPS) is 42.7. The number of ether oxygens (including phenoxy) is 1. The van der Waals surface area contributed by atoms with Crippen molar-refractivity contribution in [3.8, 4) is 11.5 Å². The number of hydrogen-bond acceptors (Lipinski definition) is 4. The van der Waals surface area contributed by atoms with Crippen molar-refractivity contribution in [2.24, 2.45) is 5.92 Å². The number of carbonyl (C=O) groups is 1. The lowest BCUT2D eigenvalue weighted by Gasteiger charge is -2.65. The van der Waals surface area contributed by atoms with Crippen LogP contribution in [0.4, 0.5) is 0 Å². The van der Waals surface area contributed by atoms with Crippen LogP contribution in [0.2, 0.25) is 0 Å². The number of quaternary nitrogens is 1. The van der Waals surface area contributed by atoms with E-state index in [1.54, 1.807) is 6.07 Å². The Balaban J connectivity index is 1.60. The number of phenols is 1. The Hall–Kier alpha value is -1.85. The monoisotopic (exact) mass is 382 g/mol. The van der Waals surface area contributed by atoms with Gasteiger partial charge in [0, 0.05) is 30.7 Å². The van der Waals surface area contributed by atoms with Gasteiger partial charge in [0.2, 0.25) is 0 Å². The highest BCUT2D eigenvalue weighted by atomic mass is 16.5. The number of aliphatic hydroxyl groups is 1. The quantitative estimate of drug-likeness (QED) is 0.619. The summed E-state index contributed by atoms with van der Waals surface area (Å²) in [5.41, 5.74) is 0.378. The highest BCUT2D eigenvalue weighted by molar-refractivity contribution is 5.90. The van der Waals surface area contributed by atoms with E-state index in [0.29, 0.717) is 18.6 Å². The minimum atomic E-state index is -0.978. The average molecular weight is 382 g/mol. The molecule has 0 radical (unpaired) electrons. The molecule has 2 heterocycles. The molecule has 2 bridgehead atoms. The molecule has 0 aromatic heterocycles. The largest absolute Gasteiger partial charge is 0.504 e. The molecule has 1 aromatic rings. The van der Waals surface area contributed by atoms with E-state index in [1.165, 1.54) is 12.8 Å². The van der Waals surface area contributed by atoms with Crippen LogP contribution in [-0.2, 0) is 16.6 Å². The molecule has 1 spiro atoms. The first-order valence-electron chi connectivity index (χ1n) is 10.7. The Morgan fingerprint density at radius 1 is 1.32 bits per heavy atom. The summed E-state index contributed by atoms with van der Waals surface area (Å²) in [6, 6.07) is 3.72. The Labute approximate surface area is 165 Å². The number of rotatable bonds is 4. The van der Waals surface area contributed by atoms with Gasteiger partial charge in [-0.15, -0.1) is 0 Å². The summed E-state index contributed by atoms with van der Waals surface area (Å²) < 4.78 is 7.00. The van der Waals surface area contributed by atoms with Gasteiger partial charge in [0.15, 0.2) is 23.4 Å². The van der Waals surface area contributed by atoms with Crippen molar-refractivity contribution in [1.82, 2.24) is 0 Å². The summed E-state index contributed by atoms with van der Waals surface area (Å²) in [6.07, 6.45) is 6.25. The van der Waals surface area contributed by atoms with Gasteiger partial charge < -0.3 is 19.4 Å². The smallest absolute Gasteiger partial charge is 0.174 e. The maximum Gasteiger partial charge on any atom is 0.174 e. The second-order valence-corrected chi connectivity index (χ2v) is 9.82. The molecule has 28 heavy (non-hydrogen) atoms. The van der Waals surface area contributed by atoms with Gasteiger partial charge in [-0.2, -0.15) is 0 Å². The zero-order valence-corrected chi connectivity index (χ0v) is 16.2. The highest BCUT2D eigenvalue weighted by Gasteiger charge is 2.76. The third-order valence-electron chi connectivity index (χ3n) is 8.56. The van der Waals surface area contributed by atoms with Gasteiger partial charge in [0.25, 0.3) is 0 Å². The molecule has 6 rings (SSSR count). The van der Waals surface area contributed by atoms with Crippen LogP contribution >= 0.6 is 0 Å². The minimum Gasteiger partial charge on any atom is -0.504 e. The van der Waals surface area contributed by atoms with Crippen LogP contribution in [0.15, 0.2) is 24.8 Å². The molecule has 2 aliphatic heterocycles. The van der Waals surface area contributed by atoms with Crippen LogP contribution in [0.25, 0.3) is 0 Å². The third-order valence-corrected chi connectivity index (χ3v) is 8.56. The predicted molar refractivity (Wildman–Crippen MR) is 103 cm³/mol. The summed E-state index contributed by atoms with van der Waals surface area (Å²) >= 11 is 0. The van der Waals surface area contributed by atoms with E-state index in [1.807, 2.05) is 12.1 Å². The first kappa shape index (κ1) is 17.0. The van der Waals surface area contributed by atoms with Crippen LogP contribution in [0.5, 0.6) is 11.5 Å². The van der Waals surface area contributed by atoms with Gasteiger partial charge in [0.05, 0.1) is 25.0 Å². The van der Waals surface area contributed by atoms with Gasteiger partial charge in [-0.3, -0.25) is 4.79 Å². The molecule has 148 valence electrons. The number of ketones is 1. The zero-order chi connectivity index (χ0) is 19.3. The Morgan fingerprint density at radius 2 is 2.14 bits per heavy atom. The van der Waals surface area contributed by atoms with E-state index in [4.69, 9.17) is 4.74 Å². The summed E-state index contributed by atoms with van der Waals surface area (Å²) in [6.45, 7) is 6.92. The lowest BCUT2D eigenvalue weighted by molar-refractivity contribution is -0.962. The molecule has 2 N–H and O–H groups in total. The van der Waals surface area contributed by atoms with Gasteiger partial charge in [-0.25, -0.2) is 0 Å². The van der Waals surface area contributed by atoms with Crippen molar-refractivity contribution in [3.05, 3.63) is 35.9 Å². The van der Waals surface area contributed by atoms with Gasteiger partial charge in [0.1, 0.15) is 11.6 Å². The molecular formula is C23H28NO4+. The van der Waals surface area contributed by atoms with E-state index < -0.39 is 17.1 Å². The van der Waals surface area contributed by atoms with Crippen LogP contribution < -0.4 is 4.74 Å². The molecule has 5 heteroatoms. The van der Waals surface area contributed by atoms with E-state index in [-0.39, 0.29) is 17.6 Å². The molecule has 1 unspecified atom stereocenters. The number of Topliss-reactive ketones (excluding diaryl/α,β-unsaturated/α-hetero) is 1. The van der Waals surface area contributed by atoms with Crippen molar-refractivity contribution in [2.45, 2.75) is 61.7 Å². The molecule has 5 aliphatic rings. The fourth-order valence-corrected chi connectivity index (χ4v) is 7.29. The molecule has 3 aliphatic carbocycles. The van der Waals surface area contributed by atoms with Crippen molar-refractivity contribution < 1.29 is 24.2 Å². The molecule has 1 aromatic carbocycles. The zero-order valence-electron chi connectivity index (χ0n) is 16.2. The third kappa shape index (κ3) is 1.79. The Morgan fingerprint density at radius 3 is 2.89 bits per heavy atom. The number of carbonyl (C=O) groups excluding carboxylic acids is 1. The highest BCUT2D eigenvalue weighted by Crippen LogP contribution is 2.66. The van der Waals surface area contributed by atoms with Crippen LogP contribution in [0.1, 0.15) is 43.2 Å². The molecular weight excluding hydrogens is 354 g/mol. The first-order chi connectivity index (χ1) is 13.5. The maximum absolute atomic E-state index is 12.9. The summed E-state index contributed by atoms with van der Waals surface area (Å²) in [4.78, 5) is 12.9. The number of piperidine rings is 1. The fraction of sp³-hybridized carbons (Fsp3) is 0.609. The number of nitrogens with zero attached hydrogens (tertiary/aromatic N) is 1. The second kappa shape index (κ2) is 5.19. The first-order valence-corrected chi connectivity index (χ1v) is 10.7. The fourth-order valence-electron chi connectivity index (χ4n) is 7.29. The second-order valence-electron chi connectivity index (χ2n) is 9.82. The van der Waals surface area contributed by atoms with Crippen LogP contribution in [-0.4, -0.2) is 57.9 Å². The SMILES string of the molecule is C=CC[N@+]1(CC2CC2)CC[C@]23c4c5ccc(O)c4O[C@H]2C(=O)CCC3(O)[C@H]1C5. The van der Waals surface area contributed by atoms with Crippen LogP contribution in [0.3, 0.4) is 0 Å². The number of phenolic OH excluding ortho intramolecular Hbond substituents is 1. The Bertz CT molecular complexity index is 908. The van der Waals surface area contributed by atoms with Gasteiger partial charge in [-0.1, -0.05) is 12.6 Å². The summed E-state index contributed by atoms with van der Waals surface area (Å²) in [5.74, 6) is 1.35. The minimum absolute atomic E-state index is 0.0436. The van der Waals surface area contributed by atoms with Crippen molar-refractivity contribution in [2.75, 3.05) is 19.6 Å². The van der Waals surface area contributed by atoms with Gasteiger partial charge in [-0.05, 0) is 37.0 Å². The molecule has 3 fully saturated rings. The summed E-state index contributed by atoms with van der Waals surface area (Å²) in [5, 5.41) is 22.8. The molecule has 5 atom stereocenters. The Kier molecular flexibility index (Phi) is 3.16. The lowest BCUT2D eigenvalue weighted by Crippen LogP contribution is -2.81. The average Bonchev–Trinajstić information content (AvgIpc) is 3.39. The molecule has 1 saturated heterocycles. The van der Waals surface area contributed by atoms with Crippen molar-refractivity contribution >= 4 is 5.78 Å².